The summed E-state index contributed by atoms with van der Waals surface area (Å²) in [6.07, 6.45) is 1.48. The molecule has 0 aliphatic carbocycles. The lowest BCUT2D eigenvalue weighted by molar-refractivity contribution is 0.404. The Bertz CT molecular complexity index is 603. The molecule has 0 bridgehead atoms. The fraction of sp³-hybridized carbons (Fsp3) is 0.250. The van der Waals surface area contributed by atoms with Crippen LogP contribution in [0.15, 0.2) is 30.3 Å². The van der Waals surface area contributed by atoms with E-state index >= 15 is 0 Å². The summed E-state index contributed by atoms with van der Waals surface area (Å²) in [5.41, 5.74) is 3.45. The summed E-state index contributed by atoms with van der Waals surface area (Å²) < 4.78 is 0. The van der Waals surface area contributed by atoms with E-state index < -0.39 is 0 Å². The monoisotopic (exact) mass is 258 g/mol. The van der Waals surface area contributed by atoms with Gasteiger partial charge in [0.15, 0.2) is 11.5 Å². The molecule has 0 saturated carbocycles. The highest BCUT2D eigenvalue weighted by Gasteiger charge is 2.12. The summed E-state index contributed by atoms with van der Waals surface area (Å²) in [5.74, 6) is 0.0323. The van der Waals surface area contributed by atoms with Crippen molar-refractivity contribution < 1.29 is 15.3 Å². The predicted molar refractivity (Wildman–Crippen MR) is 75.6 cm³/mol. The van der Waals surface area contributed by atoms with Gasteiger partial charge in [-0.25, -0.2) is 0 Å². The van der Waals surface area contributed by atoms with Crippen molar-refractivity contribution in [1.29, 1.82) is 0 Å². The first-order valence-electron chi connectivity index (χ1n) is 6.44. The zero-order chi connectivity index (χ0) is 14.0. The van der Waals surface area contributed by atoms with Crippen molar-refractivity contribution in [2.75, 3.05) is 0 Å². The number of aromatic hydroxyl groups is 3. The number of benzene rings is 2. The van der Waals surface area contributed by atoms with Gasteiger partial charge in [0.25, 0.3) is 0 Å². The van der Waals surface area contributed by atoms with Gasteiger partial charge in [-0.1, -0.05) is 32.0 Å². The fourth-order valence-electron chi connectivity index (χ4n) is 2.29. The molecule has 0 aliphatic heterocycles. The molecule has 3 nitrogen and oxygen atoms in total. The highest BCUT2D eigenvalue weighted by atomic mass is 16.3. The molecule has 2 aromatic rings. The van der Waals surface area contributed by atoms with Crippen LogP contribution in [0.3, 0.4) is 0 Å². The van der Waals surface area contributed by atoms with E-state index in [9.17, 15) is 15.3 Å². The molecule has 2 rings (SSSR count). The first-order chi connectivity index (χ1) is 9.08. The number of aryl methyl sites for hydroxylation is 1. The number of hydrogen-bond donors (Lipinski definition) is 3. The predicted octanol–water partition coefficient (Wildman–Crippen LogP) is 3.60. The maximum Gasteiger partial charge on any atom is 0.158 e. The molecule has 0 spiro atoms. The van der Waals surface area contributed by atoms with Crippen molar-refractivity contribution in [1.82, 2.24) is 0 Å². The minimum Gasteiger partial charge on any atom is -0.507 e. The van der Waals surface area contributed by atoms with Gasteiger partial charge in [0.05, 0.1) is 0 Å². The van der Waals surface area contributed by atoms with Gasteiger partial charge in [0.2, 0.25) is 0 Å². The minimum absolute atomic E-state index is 0.142. The molecule has 0 radical (unpaired) electrons. The summed E-state index contributed by atoms with van der Waals surface area (Å²) >= 11 is 0. The molecule has 0 aliphatic rings. The van der Waals surface area contributed by atoms with Gasteiger partial charge in [0.1, 0.15) is 5.75 Å². The molecule has 0 unspecified atom stereocenters. The molecule has 0 atom stereocenters. The fourth-order valence-corrected chi connectivity index (χ4v) is 2.29. The number of hydrogen-bond acceptors (Lipinski definition) is 3. The van der Waals surface area contributed by atoms with Crippen LogP contribution in [0.2, 0.25) is 0 Å². The molecule has 19 heavy (non-hydrogen) atoms. The molecule has 0 aromatic heterocycles. The lowest BCUT2D eigenvalue weighted by Gasteiger charge is -2.14. The molecule has 2 aromatic carbocycles. The van der Waals surface area contributed by atoms with E-state index in [-0.39, 0.29) is 11.5 Å². The van der Waals surface area contributed by atoms with Gasteiger partial charge < -0.3 is 15.3 Å². The average molecular weight is 258 g/mol. The van der Waals surface area contributed by atoms with Crippen molar-refractivity contribution in [3.63, 3.8) is 0 Å². The maximum atomic E-state index is 10.2. The minimum atomic E-state index is -0.154. The van der Waals surface area contributed by atoms with E-state index in [4.69, 9.17) is 0 Å². The van der Waals surface area contributed by atoms with Gasteiger partial charge in [-0.05, 0) is 41.7 Å². The van der Waals surface area contributed by atoms with Crippen LogP contribution >= 0.6 is 0 Å². The van der Waals surface area contributed by atoms with Gasteiger partial charge in [-0.3, -0.25) is 0 Å². The van der Waals surface area contributed by atoms with Crippen LogP contribution in [0.4, 0.5) is 0 Å². The molecule has 3 heteroatoms. The Morgan fingerprint density at radius 1 is 0.842 bits per heavy atom. The van der Waals surface area contributed by atoms with Crippen LogP contribution in [-0.2, 0) is 12.8 Å². The van der Waals surface area contributed by atoms with Crippen LogP contribution in [0.1, 0.15) is 25.0 Å². The highest BCUT2D eigenvalue weighted by Crippen LogP contribution is 2.36. The quantitative estimate of drug-likeness (QED) is 0.737. The number of rotatable bonds is 3. The third kappa shape index (κ3) is 2.36. The van der Waals surface area contributed by atoms with E-state index in [0.717, 1.165) is 28.7 Å². The Kier molecular flexibility index (Phi) is 3.65. The van der Waals surface area contributed by atoms with Crippen molar-refractivity contribution in [2.24, 2.45) is 0 Å². The average Bonchev–Trinajstić information content (AvgIpc) is 2.41. The van der Waals surface area contributed by atoms with Crippen molar-refractivity contribution in [3.8, 4) is 28.4 Å². The highest BCUT2D eigenvalue weighted by molar-refractivity contribution is 5.73. The van der Waals surface area contributed by atoms with E-state index in [0.29, 0.717) is 12.2 Å². The van der Waals surface area contributed by atoms with Gasteiger partial charge in [0, 0.05) is 5.56 Å². The lowest BCUT2D eigenvalue weighted by atomic mass is 9.94. The van der Waals surface area contributed by atoms with Crippen molar-refractivity contribution in [2.45, 2.75) is 26.7 Å². The van der Waals surface area contributed by atoms with Crippen LogP contribution < -0.4 is 0 Å². The number of phenols is 3. The first-order valence-corrected chi connectivity index (χ1v) is 6.44. The summed E-state index contributed by atoms with van der Waals surface area (Å²) in [4.78, 5) is 0. The van der Waals surface area contributed by atoms with Gasteiger partial charge in [-0.2, -0.15) is 0 Å². The van der Waals surface area contributed by atoms with Crippen molar-refractivity contribution >= 4 is 0 Å². The van der Waals surface area contributed by atoms with E-state index in [1.807, 2.05) is 26.0 Å². The Hall–Kier alpha value is -2.16. The molecule has 100 valence electrons. The molecule has 0 saturated heterocycles. The second-order valence-electron chi connectivity index (χ2n) is 4.51. The Balaban J connectivity index is 2.61. The lowest BCUT2D eigenvalue weighted by Crippen LogP contribution is -1.93. The smallest absolute Gasteiger partial charge is 0.158 e. The molecule has 0 heterocycles. The van der Waals surface area contributed by atoms with Crippen LogP contribution in [0.25, 0.3) is 11.1 Å². The third-order valence-electron chi connectivity index (χ3n) is 3.39. The van der Waals surface area contributed by atoms with Crippen LogP contribution in [0.5, 0.6) is 17.2 Å². The second kappa shape index (κ2) is 5.22. The van der Waals surface area contributed by atoms with Crippen LogP contribution in [-0.4, -0.2) is 15.3 Å². The summed E-state index contributed by atoms with van der Waals surface area (Å²) in [6, 6.07) is 8.54. The maximum absolute atomic E-state index is 10.2. The summed E-state index contributed by atoms with van der Waals surface area (Å²) in [5, 5.41) is 29.2. The zero-order valence-corrected chi connectivity index (χ0v) is 11.1. The summed E-state index contributed by atoms with van der Waals surface area (Å²) in [7, 11) is 0. The molecule has 3 N–H and O–H groups in total. The normalized spacial score (nSPS) is 10.6. The van der Waals surface area contributed by atoms with E-state index in [1.165, 1.54) is 12.1 Å². The Morgan fingerprint density at radius 2 is 1.58 bits per heavy atom. The first kappa shape index (κ1) is 13.3. The van der Waals surface area contributed by atoms with Crippen molar-refractivity contribution in [3.05, 3.63) is 41.5 Å². The van der Waals surface area contributed by atoms with E-state index in [2.05, 4.69) is 0 Å². The Morgan fingerprint density at radius 3 is 2.16 bits per heavy atom. The molecule has 0 amide bonds. The molecular weight excluding hydrogens is 240 g/mol. The SMILES string of the molecule is CCc1ccc(-c2ccc(O)c(O)c2)c(CC)c1O. The molecular formula is C16H18O3. The second-order valence-corrected chi connectivity index (χ2v) is 4.51. The van der Waals surface area contributed by atoms with Gasteiger partial charge in [-0.15, -0.1) is 0 Å². The summed E-state index contributed by atoms with van der Waals surface area (Å²) in [6.45, 7) is 3.98. The molecule has 0 fully saturated rings. The van der Waals surface area contributed by atoms with E-state index in [1.54, 1.807) is 6.07 Å². The topological polar surface area (TPSA) is 60.7 Å². The Labute approximate surface area is 112 Å². The van der Waals surface area contributed by atoms with Gasteiger partial charge >= 0.3 is 0 Å². The third-order valence-corrected chi connectivity index (χ3v) is 3.39. The largest absolute Gasteiger partial charge is 0.507 e. The number of phenolic OH excluding ortho intramolecular Hbond substituents is 3. The standard InChI is InChI=1S/C16H18O3/c1-3-10-5-7-13(12(4-2)16(10)19)11-6-8-14(17)15(18)9-11/h5-9,17-19H,3-4H2,1-2H3. The van der Waals surface area contributed by atoms with Crippen LogP contribution in [0, 0.1) is 0 Å². The zero-order valence-electron chi connectivity index (χ0n) is 11.1.